The molecule has 2 N–H and O–H groups in total. The number of halogens is 2. The molecule has 0 saturated carbocycles. The van der Waals surface area contributed by atoms with Crippen LogP contribution in [0.15, 0.2) is 30.5 Å². The molecule has 2 heterocycles. The molecule has 1 aliphatic heterocycles. The number of rotatable bonds is 4. The third-order valence-electron chi connectivity index (χ3n) is 3.90. The highest BCUT2D eigenvalue weighted by Gasteiger charge is 2.13. The Labute approximate surface area is 144 Å². The highest BCUT2D eigenvalue weighted by molar-refractivity contribution is 5.89. The lowest BCUT2D eigenvalue weighted by Crippen LogP contribution is -2.31. The van der Waals surface area contributed by atoms with Crippen LogP contribution in [0.2, 0.25) is 0 Å². The number of urea groups is 1. The highest BCUT2D eigenvalue weighted by Crippen LogP contribution is 2.17. The second-order valence-corrected chi connectivity index (χ2v) is 5.84. The fraction of sp³-hybridized carbons (Fsp3) is 0.353. The van der Waals surface area contributed by atoms with E-state index in [1.54, 1.807) is 6.20 Å². The third kappa shape index (κ3) is 4.85. The van der Waals surface area contributed by atoms with Crippen molar-refractivity contribution < 1.29 is 13.6 Å². The monoisotopic (exact) mass is 347 g/mol. The molecule has 1 aliphatic rings. The smallest absolute Gasteiger partial charge is 0.319 e. The van der Waals surface area contributed by atoms with Gasteiger partial charge in [0.05, 0.1) is 6.54 Å². The summed E-state index contributed by atoms with van der Waals surface area (Å²) in [4.78, 5) is 22.7. The first-order valence-electron chi connectivity index (χ1n) is 8.18. The first kappa shape index (κ1) is 17.1. The van der Waals surface area contributed by atoms with Crippen LogP contribution in [0.25, 0.3) is 0 Å². The molecule has 0 unspecified atom stereocenters. The van der Waals surface area contributed by atoms with E-state index in [-0.39, 0.29) is 12.2 Å². The average Bonchev–Trinajstić information content (AvgIpc) is 2.60. The van der Waals surface area contributed by atoms with Gasteiger partial charge in [-0.2, -0.15) is 0 Å². The summed E-state index contributed by atoms with van der Waals surface area (Å²) in [5.41, 5.74) is 0.0398. The molecule has 2 aromatic rings. The molecule has 132 valence electrons. The van der Waals surface area contributed by atoms with Crippen molar-refractivity contribution in [1.29, 1.82) is 0 Å². The molecule has 0 atom stereocenters. The van der Waals surface area contributed by atoms with Crippen molar-refractivity contribution in [3.63, 3.8) is 0 Å². The SMILES string of the molecule is O=C(NCc1nccc(N2CCCCC2)n1)Nc1cc(F)cc(F)c1. The van der Waals surface area contributed by atoms with E-state index in [1.807, 2.05) is 6.07 Å². The van der Waals surface area contributed by atoms with Crippen molar-refractivity contribution in [2.45, 2.75) is 25.8 Å². The summed E-state index contributed by atoms with van der Waals surface area (Å²) in [6.07, 6.45) is 5.18. The zero-order valence-electron chi connectivity index (χ0n) is 13.6. The number of carbonyl (C=O) groups is 1. The quantitative estimate of drug-likeness (QED) is 0.892. The highest BCUT2D eigenvalue weighted by atomic mass is 19.1. The van der Waals surface area contributed by atoms with Crippen molar-refractivity contribution >= 4 is 17.5 Å². The van der Waals surface area contributed by atoms with Gasteiger partial charge >= 0.3 is 6.03 Å². The van der Waals surface area contributed by atoms with Gasteiger partial charge in [0.1, 0.15) is 23.3 Å². The molecular formula is C17H19F2N5O. The fourth-order valence-corrected chi connectivity index (χ4v) is 2.73. The van der Waals surface area contributed by atoms with Crippen LogP contribution in [0, 0.1) is 11.6 Å². The number of nitrogens with one attached hydrogen (secondary N) is 2. The standard InChI is InChI=1S/C17H19F2N5O/c18-12-8-13(19)10-14(9-12)22-17(25)21-11-15-20-5-4-16(23-15)24-6-2-1-3-7-24/h4-5,8-10H,1-3,6-7,11H2,(H2,21,22,25). The maximum atomic E-state index is 13.1. The molecular weight excluding hydrogens is 328 g/mol. The van der Waals surface area contributed by atoms with Crippen molar-refractivity contribution in [2.75, 3.05) is 23.3 Å². The lowest BCUT2D eigenvalue weighted by molar-refractivity contribution is 0.251. The number of nitrogens with zero attached hydrogens (tertiary/aromatic N) is 3. The molecule has 25 heavy (non-hydrogen) atoms. The predicted molar refractivity (Wildman–Crippen MR) is 90.3 cm³/mol. The molecule has 1 aromatic carbocycles. The minimum absolute atomic E-state index is 0.0398. The number of benzene rings is 1. The van der Waals surface area contributed by atoms with Crippen molar-refractivity contribution in [2.24, 2.45) is 0 Å². The Hall–Kier alpha value is -2.77. The molecule has 3 rings (SSSR count). The third-order valence-corrected chi connectivity index (χ3v) is 3.90. The molecule has 2 amide bonds. The van der Waals surface area contributed by atoms with Crippen molar-refractivity contribution in [3.8, 4) is 0 Å². The van der Waals surface area contributed by atoms with Crippen LogP contribution in [0.5, 0.6) is 0 Å². The number of aromatic nitrogens is 2. The summed E-state index contributed by atoms with van der Waals surface area (Å²) in [7, 11) is 0. The Morgan fingerprint density at radius 3 is 2.56 bits per heavy atom. The minimum Gasteiger partial charge on any atom is -0.357 e. The van der Waals surface area contributed by atoms with Crippen LogP contribution in [0.3, 0.4) is 0 Å². The van der Waals surface area contributed by atoms with Crippen LogP contribution < -0.4 is 15.5 Å². The van der Waals surface area contributed by atoms with E-state index in [9.17, 15) is 13.6 Å². The maximum absolute atomic E-state index is 13.1. The molecule has 0 bridgehead atoms. The van der Waals surface area contributed by atoms with E-state index in [0.29, 0.717) is 5.82 Å². The Morgan fingerprint density at radius 1 is 1.12 bits per heavy atom. The number of piperidine rings is 1. The summed E-state index contributed by atoms with van der Waals surface area (Å²) in [6, 6.07) is 4.08. The Bertz CT molecular complexity index is 729. The lowest BCUT2D eigenvalue weighted by Gasteiger charge is -2.27. The van der Waals surface area contributed by atoms with Gasteiger partial charge in [-0.05, 0) is 37.5 Å². The number of anilines is 2. The number of amides is 2. The van der Waals surface area contributed by atoms with Gasteiger partial charge in [-0.25, -0.2) is 23.5 Å². The topological polar surface area (TPSA) is 70.2 Å². The van der Waals surface area contributed by atoms with E-state index in [1.165, 1.54) is 6.42 Å². The van der Waals surface area contributed by atoms with E-state index in [2.05, 4.69) is 25.5 Å². The Balaban J connectivity index is 1.56. The van der Waals surface area contributed by atoms with Crippen LogP contribution in [0.4, 0.5) is 25.1 Å². The summed E-state index contributed by atoms with van der Waals surface area (Å²) < 4.78 is 26.2. The van der Waals surface area contributed by atoms with Crippen molar-refractivity contribution in [3.05, 3.63) is 47.9 Å². The van der Waals surface area contributed by atoms with Gasteiger partial charge in [0.2, 0.25) is 0 Å². The zero-order valence-corrected chi connectivity index (χ0v) is 13.6. The number of carbonyl (C=O) groups excluding carboxylic acids is 1. The molecule has 1 aromatic heterocycles. The van der Waals surface area contributed by atoms with Crippen LogP contribution in [0.1, 0.15) is 25.1 Å². The zero-order chi connectivity index (χ0) is 17.6. The van der Waals surface area contributed by atoms with Gasteiger partial charge in [0.25, 0.3) is 0 Å². The first-order chi connectivity index (χ1) is 12.1. The second kappa shape index (κ2) is 7.87. The van der Waals surface area contributed by atoms with E-state index in [4.69, 9.17) is 0 Å². The van der Waals surface area contributed by atoms with Gasteiger partial charge in [0.15, 0.2) is 0 Å². The first-order valence-corrected chi connectivity index (χ1v) is 8.18. The summed E-state index contributed by atoms with van der Waals surface area (Å²) in [6.45, 7) is 2.05. The Kier molecular flexibility index (Phi) is 5.37. The predicted octanol–water partition coefficient (Wildman–Crippen LogP) is 3.07. The van der Waals surface area contributed by atoms with E-state index in [0.717, 1.165) is 49.9 Å². The number of hydrogen-bond acceptors (Lipinski definition) is 4. The van der Waals surface area contributed by atoms with Crippen LogP contribution in [-0.2, 0) is 6.54 Å². The average molecular weight is 347 g/mol. The van der Waals surface area contributed by atoms with Gasteiger partial charge in [0, 0.05) is 31.0 Å². The van der Waals surface area contributed by atoms with Gasteiger partial charge < -0.3 is 15.5 Å². The summed E-state index contributed by atoms with van der Waals surface area (Å²) in [5.74, 6) is -0.191. The normalized spacial score (nSPS) is 14.2. The van der Waals surface area contributed by atoms with Gasteiger partial charge in [-0.1, -0.05) is 0 Å². The van der Waals surface area contributed by atoms with Gasteiger partial charge in [-0.3, -0.25) is 0 Å². The van der Waals surface area contributed by atoms with Crippen LogP contribution >= 0.6 is 0 Å². The molecule has 8 heteroatoms. The van der Waals surface area contributed by atoms with Crippen molar-refractivity contribution in [1.82, 2.24) is 15.3 Å². The molecule has 0 radical (unpaired) electrons. The van der Waals surface area contributed by atoms with Crippen LogP contribution in [-0.4, -0.2) is 29.1 Å². The van der Waals surface area contributed by atoms with E-state index < -0.39 is 17.7 Å². The number of hydrogen-bond donors (Lipinski definition) is 2. The van der Waals surface area contributed by atoms with E-state index >= 15 is 0 Å². The molecule has 0 aliphatic carbocycles. The maximum Gasteiger partial charge on any atom is 0.319 e. The lowest BCUT2D eigenvalue weighted by atomic mass is 10.1. The molecule has 1 fully saturated rings. The largest absolute Gasteiger partial charge is 0.357 e. The second-order valence-electron chi connectivity index (χ2n) is 5.84. The molecule has 6 nitrogen and oxygen atoms in total. The van der Waals surface area contributed by atoms with Gasteiger partial charge in [-0.15, -0.1) is 0 Å². The minimum atomic E-state index is -0.757. The molecule has 0 spiro atoms. The molecule has 1 saturated heterocycles. The summed E-state index contributed by atoms with van der Waals surface area (Å²) >= 11 is 0. The summed E-state index contributed by atoms with van der Waals surface area (Å²) in [5, 5.41) is 4.95. The fourth-order valence-electron chi connectivity index (χ4n) is 2.73. The Morgan fingerprint density at radius 2 is 1.84 bits per heavy atom.